The summed E-state index contributed by atoms with van der Waals surface area (Å²) in [6, 6.07) is 0. The van der Waals surface area contributed by atoms with Gasteiger partial charge in [0.25, 0.3) is 0 Å². The SMILES string of the molecule is CCC(CCCOC)C1CCNC1. The molecule has 0 bridgehead atoms. The highest BCUT2D eigenvalue weighted by Crippen LogP contribution is 2.25. The van der Waals surface area contributed by atoms with Crippen LogP contribution in [0.2, 0.25) is 0 Å². The molecule has 1 N–H and O–H groups in total. The van der Waals surface area contributed by atoms with E-state index in [1.807, 2.05) is 0 Å². The van der Waals surface area contributed by atoms with E-state index < -0.39 is 0 Å². The second-order valence-electron chi connectivity index (χ2n) is 4.06. The minimum Gasteiger partial charge on any atom is -0.385 e. The minimum atomic E-state index is 0.921. The van der Waals surface area contributed by atoms with Crippen LogP contribution >= 0.6 is 0 Å². The Labute approximate surface area is 82.0 Å². The van der Waals surface area contributed by atoms with Gasteiger partial charge >= 0.3 is 0 Å². The van der Waals surface area contributed by atoms with Gasteiger partial charge in [-0.05, 0) is 44.2 Å². The highest BCUT2D eigenvalue weighted by molar-refractivity contribution is 4.77. The van der Waals surface area contributed by atoms with Crippen molar-refractivity contribution in [2.75, 3.05) is 26.8 Å². The van der Waals surface area contributed by atoms with Gasteiger partial charge in [-0.3, -0.25) is 0 Å². The number of hydrogen-bond donors (Lipinski definition) is 1. The van der Waals surface area contributed by atoms with E-state index in [9.17, 15) is 0 Å². The Hall–Kier alpha value is -0.0800. The second kappa shape index (κ2) is 6.39. The number of ether oxygens (including phenoxy) is 1. The summed E-state index contributed by atoms with van der Waals surface area (Å²) in [5, 5.41) is 3.45. The standard InChI is InChI=1S/C11H23NO/c1-3-10(5-4-8-13-2)11-6-7-12-9-11/h10-12H,3-9H2,1-2H3. The summed E-state index contributed by atoms with van der Waals surface area (Å²) in [4.78, 5) is 0. The molecule has 1 aliphatic heterocycles. The van der Waals surface area contributed by atoms with E-state index in [0.29, 0.717) is 0 Å². The maximum absolute atomic E-state index is 5.08. The normalized spacial score (nSPS) is 24.9. The van der Waals surface area contributed by atoms with Crippen molar-refractivity contribution in [1.29, 1.82) is 0 Å². The average Bonchev–Trinajstić information content (AvgIpc) is 2.65. The fourth-order valence-corrected chi connectivity index (χ4v) is 2.34. The summed E-state index contributed by atoms with van der Waals surface area (Å²) in [5.41, 5.74) is 0. The molecule has 0 aromatic heterocycles. The maximum Gasteiger partial charge on any atom is 0.0462 e. The second-order valence-corrected chi connectivity index (χ2v) is 4.06. The van der Waals surface area contributed by atoms with Gasteiger partial charge in [0, 0.05) is 13.7 Å². The Bertz CT molecular complexity index is 121. The van der Waals surface area contributed by atoms with Gasteiger partial charge in [0.15, 0.2) is 0 Å². The third kappa shape index (κ3) is 3.65. The van der Waals surface area contributed by atoms with Gasteiger partial charge < -0.3 is 10.1 Å². The Morgan fingerprint density at radius 2 is 2.38 bits per heavy atom. The molecule has 78 valence electrons. The van der Waals surface area contributed by atoms with E-state index in [1.165, 1.54) is 38.8 Å². The first-order valence-electron chi connectivity index (χ1n) is 5.58. The summed E-state index contributed by atoms with van der Waals surface area (Å²) >= 11 is 0. The molecule has 0 aromatic rings. The predicted molar refractivity (Wildman–Crippen MR) is 55.9 cm³/mol. The summed E-state index contributed by atoms with van der Waals surface area (Å²) < 4.78 is 5.08. The largest absolute Gasteiger partial charge is 0.385 e. The average molecular weight is 185 g/mol. The van der Waals surface area contributed by atoms with E-state index in [4.69, 9.17) is 4.74 Å². The van der Waals surface area contributed by atoms with Crippen LogP contribution in [0, 0.1) is 11.8 Å². The molecule has 0 amide bonds. The van der Waals surface area contributed by atoms with Crippen LogP contribution < -0.4 is 5.32 Å². The molecule has 13 heavy (non-hydrogen) atoms. The molecule has 1 aliphatic rings. The zero-order valence-corrected chi connectivity index (χ0v) is 9.01. The van der Waals surface area contributed by atoms with Crippen LogP contribution in [0.15, 0.2) is 0 Å². The predicted octanol–water partition coefficient (Wildman–Crippen LogP) is 2.05. The molecule has 2 heteroatoms. The first-order chi connectivity index (χ1) is 6.38. The lowest BCUT2D eigenvalue weighted by Crippen LogP contribution is -2.17. The topological polar surface area (TPSA) is 21.3 Å². The molecule has 2 atom stereocenters. The van der Waals surface area contributed by atoms with E-state index in [1.54, 1.807) is 7.11 Å². The van der Waals surface area contributed by atoms with Crippen LogP contribution in [0.25, 0.3) is 0 Å². The molecular formula is C11H23NO. The molecule has 2 unspecified atom stereocenters. The number of hydrogen-bond acceptors (Lipinski definition) is 2. The lowest BCUT2D eigenvalue weighted by Gasteiger charge is -2.20. The van der Waals surface area contributed by atoms with Crippen LogP contribution in [0.3, 0.4) is 0 Å². The van der Waals surface area contributed by atoms with Crippen molar-refractivity contribution in [2.45, 2.75) is 32.6 Å². The molecule has 2 nitrogen and oxygen atoms in total. The Morgan fingerprint density at radius 1 is 1.54 bits per heavy atom. The van der Waals surface area contributed by atoms with Gasteiger partial charge in [-0.2, -0.15) is 0 Å². The quantitative estimate of drug-likeness (QED) is 0.639. The van der Waals surface area contributed by atoms with Gasteiger partial charge in [-0.1, -0.05) is 13.3 Å². The lowest BCUT2D eigenvalue weighted by molar-refractivity contribution is 0.179. The highest BCUT2D eigenvalue weighted by atomic mass is 16.5. The van der Waals surface area contributed by atoms with Gasteiger partial charge in [0.2, 0.25) is 0 Å². The molecular weight excluding hydrogens is 162 g/mol. The molecule has 1 saturated heterocycles. The van der Waals surface area contributed by atoms with Crippen molar-refractivity contribution >= 4 is 0 Å². The summed E-state index contributed by atoms with van der Waals surface area (Å²) in [5.74, 6) is 1.85. The monoisotopic (exact) mass is 185 g/mol. The van der Waals surface area contributed by atoms with Crippen LogP contribution in [-0.2, 0) is 4.74 Å². The van der Waals surface area contributed by atoms with Gasteiger partial charge in [0.05, 0.1) is 0 Å². The lowest BCUT2D eigenvalue weighted by atomic mass is 9.86. The Morgan fingerprint density at radius 3 is 2.92 bits per heavy atom. The summed E-state index contributed by atoms with van der Waals surface area (Å²) in [6.45, 7) is 5.71. The Balaban J connectivity index is 2.16. The molecule has 0 aromatic carbocycles. The van der Waals surface area contributed by atoms with E-state index in [2.05, 4.69) is 12.2 Å². The third-order valence-electron chi connectivity index (χ3n) is 3.21. The van der Waals surface area contributed by atoms with Gasteiger partial charge in [-0.15, -0.1) is 0 Å². The van der Waals surface area contributed by atoms with E-state index in [0.717, 1.165) is 18.4 Å². The van der Waals surface area contributed by atoms with Crippen molar-refractivity contribution in [3.05, 3.63) is 0 Å². The smallest absolute Gasteiger partial charge is 0.0462 e. The fourth-order valence-electron chi connectivity index (χ4n) is 2.34. The Kier molecular flexibility index (Phi) is 5.40. The number of rotatable bonds is 6. The van der Waals surface area contributed by atoms with E-state index in [-0.39, 0.29) is 0 Å². The van der Waals surface area contributed by atoms with Crippen LogP contribution in [0.4, 0.5) is 0 Å². The highest BCUT2D eigenvalue weighted by Gasteiger charge is 2.22. The van der Waals surface area contributed by atoms with Gasteiger partial charge in [-0.25, -0.2) is 0 Å². The molecule has 0 saturated carbocycles. The van der Waals surface area contributed by atoms with Crippen molar-refractivity contribution in [3.8, 4) is 0 Å². The van der Waals surface area contributed by atoms with Crippen LogP contribution in [0.5, 0.6) is 0 Å². The fraction of sp³-hybridized carbons (Fsp3) is 1.00. The zero-order chi connectivity index (χ0) is 9.52. The molecule has 0 radical (unpaired) electrons. The number of methoxy groups -OCH3 is 1. The zero-order valence-electron chi connectivity index (χ0n) is 9.01. The molecule has 1 rings (SSSR count). The van der Waals surface area contributed by atoms with Crippen molar-refractivity contribution in [3.63, 3.8) is 0 Å². The summed E-state index contributed by atoms with van der Waals surface area (Å²) in [6.07, 6.45) is 5.28. The van der Waals surface area contributed by atoms with Crippen molar-refractivity contribution < 1.29 is 4.74 Å². The van der Waals surface area contributed by atoms with Crippen LogP contribution in [0.1, 0.15) is 32.6 Å². The maximum atomic E-state index is 5.08. The molecule has 0 spiro atoms. The minimum absolute atomic E-state index is 0.921. The van der Waals surface area contributed by atoms with Crippen molar-refractivity contribution in [2.24, 2.45) is 11.8 Å². The first kappa shape index (κ1) is 11.0. The third-order valence-corrected chi connectivity index (χ3v) is 3.21. The van der Waals surface area contributed by atoms with Crippen molar-refractivity contribution in [1.82, 2.24) is 5.32 Å². The molecule has 1 fully saturated rings. The first-order valence-corrected chi connectivity index (χ1v) is 5.58. The van der Waals surface area contributed by atoms with Gasteiger partial charge in [0.1, 0.15) is 0 Å². The van der Waals surface area contributed by atoms with Crippen LogP contribution in [-0.4, -0.2) is 26.8 Å². The van der Waals surface area contributed by atoms with E-state index >= 15 is 0 Å². The number of nitrogens with one attached hydrogen (secondary N) is 1. The molecule has 1 heterocycles. The summed E-state index contributed by atoms with van der Waals surface area (Å²) in [7, 11) is 1.79. The molecule has 0 aliphatic carbocycles.